The van der Waals surface area contributed by atoms with E-state index >= 15 is 0 Å². The number of nitrogens with two attached hydrogens (primary N) is 1. The molecule has 82 valence electrons. The van der Waals surface area contributed by atoms with Crippen molar-refractivity contribution in [1.82, 2.24) is 14.9 Å². The Morgan fingerprint density at radius 1 is 1.20 bits per heavy atom. The van der Waals surface area contributed by atoms with Gasteiger partial charge in [-0.1, -0.05) is 0 Å². The molecule has 15 heavy (non-hydrogen) atoms. The number of rotatable bonds is 2. The van der Waals surface area contributed by atoms with Crippen LogP contribution in [0, 0.1) is 0 Å². The third kappa shape index (κ3) is 2.26. The molecule has 4 heteroatoms. The highest BCUT2D eigenvalue weighted by atomic mass is 15.1. The summed E-state index contributed by atoms with van der Waals surface area (Å²) < 4.78 is 0. The van der Waals surface area contributed by atoms with Gasteiger partial charge in [-0.15, -0.1) is 0 Å². The van der Waals surface area contributed by atoms with Gasteiger partial charge in [0.2, 0.25) is 0 Å². The Kier molecular flexibility index (Phi) is 2.86. The van der Waals surface area contributed by atoms with Crippen LogP contribution in [0.1, 0.15) is 29.9 Å². The number of fused-ring (bicyclic) bond motifs is 1. The highest BCUT2D eigenvalue weighted by molar-refractivity contribution is 5.43. The van der Waals surface area contributed by atoms with Crippen LogP contribution in [0.25, 0.3) is 0 Å². The van der Waals surface area contributed by atoms with Gasteiger partial charge in [0.15, 0.2) is 0 Å². The lowest BCUT2D eigenvalue weighted by Crippen LogP contribution is -2.18. The second-order valence-electron chi connectivity index (χ2n) is 4.40. The van der Waals surface area contributed by atoms with Crippen LogP contribution >= 0.6 is 0 Å². The quantitative estimate of drug-likeness (QED) is 0.784. The smallest absolute Gasteiger partial charge is 0.144 e. The van der Waals surface area contributed by atoms with Gasteiger partial charge in [-0.3, -0.25) is 0 Å². The Hall–Kier alpha value is -1.16. The van der Waals surface area contributed by atoms with Crippen LogP contribution in [0.3, 0.4) is 0 Å². The fourth-order valence-electron chi connectivity index (χ4n) is 2.03. The van der Waals surface area contributed by atoms with Gasteiger partial charge in [-0.2, -0.15) is 0 Å². The average molecular weight is 206 g/mol. The largest absolute Gasteiger partial charge is 0.383 e. The van der Waals surface area contributed by atoms with Crippen LogP contribution in [0.4, 0.5) is 5.82 Å². The molecular formula is C11H18N4. The molecule has 0 spiro atoms. The predicted octanol–water partition coefficient (Wildman–Crippen LogP) is 0.999. The third-order valence-corrected chi connectivity index (χ3v) is 2.72. The van der Waals surface area contributed by atoms with E-state index in [4.69, 9.17) is 5.73 Å². The minimum atomic E-state index is 0.691. The molecule has 0 fully saturated rings. The Morgan fingerprint density at radius 2 is 1.93 bits per heavy atom. The molecule has 2 N–H and O–H groups in total. The normalized spacial score (nSPS) is 15.4. The number of nitrogen functional groups attached to an aromatic ring is 1. The summed E-state index contributed by atoms with van der Waals surface area (Å²) in [6.45, 7) is 0.761. The van der Waals surface area contributed by atoms with Crippen molar-refractivity contribution in [2.24, 2.45) is 0 Å². The summed E-state index contributed by atoms with van der Waals surface area (Å²) in [6.07, 6.45) is 4.55. The molecule has 0 amide bonds. The van der Waals surface area contributed by atoms with Crippen LogP contribution in [0.15, 0.2) is 0 Å². The number of aryl methyl sites for hydroxylation is 1. The molecule has 2 rings (SSSR count). The average Bonchev–Trinajstić information content (AvgIpc) is 2.16. The summed E-state index contributed by atoms with van der Waals surface area (Å²) in [4.78, 5) is 11.0. The first-order valence-electron chi connectivity index (χ1n) is 5.45. The molecule has 0 unspecified atom stereocenters. The highest BCUT2D eigenvalue weighted by Crippen LogP contribution is 2.23. The molecule has 4 nitrogen and oxygen atoms in total. The van der Waals surface area contributed by atoms with E-state index in [2.05, 4.69) is 14.9 Å². The first-order chi connectivity index (χ1) is 7.16. The summed E-state index contributed by atoms with van der Waals surface area (Å²) in [7, 11) is 4.03. The molecule has 0 saturated heterocycles. The summed E-state index contributed by atoms with van der Waals surface area (Å²) in [6, 6.07) is 0. The predicted molar refractivity (Wildman–Crippen MR) is 60.5 cm³/mol. The van der Waals surface area contributed by atoms with Gasteiger partial charge in [0.1, 0.15) is 11.6 Å². The lowest BCUT2D eigenvalue weighted by atomic mass is 9.96. The van der Waals surface area contributed by atoms with Crippen molar-refractivity contribution in [2.45, 2.75) is 32.2 Å². The first kappa shape index (κ1) is 10.4. The van der Waals surface area contributed by atoms with Crippen LogP contribution in [0.5, 0.6) is 0 Å². The van der Waals surface area contributed by atoms with E-state index in [0.29, 0.717) is 5.82 Å². The Labute approximate surface area is 90.5 Å². The van der Waals surface area contributed by atoms with Crippen LogP contribution in [-0.2, 0) is 19.4 Å². The number of nitrogens with zero attached hydrogens (tertiary/aromatic N) is 3. The summed E-state index contributed by atoms with van der Waals surface area (Å²) in [5.41, 5.74) is 8.30. The van der Waals surface area contributed by atoms with Gasteiger partial charge < -0.3 is 10.6 Å². The fraction of sp³-hybridized carbons (Fsp3) is 0.636. The van der Waals surface area contributed by atoms with Crippen LogP contribution in [0.2, 0.25) is 0 Å². The van der Waals surface area contributed by atoms with E-state index in [1.807, 2.05) is 14.1 Å². The standard InChI is InChI=1S/C11H18N4/c1-15(2)7-10-13-9-6-4-3-5-8(9)11(12)14-10/h3-7H2,1-2H3,(H2,12,13,14). The summed E-state index contributed by atoms with van der Waals surface area (Å²) in [5.74, 6) is 1.54. The highest BCUT2D eigenvalue weighted by Gasteiger charge is 2.15. The molecule has 1 aliphatic carbocycles. The fourth-order valence-corrected chi connectivity index (χ4v) is 2.03. The molecule has 0 radical (unpaired) electrons. The minimum absolute atomic E-state index is 0.691. The van der Waals surface area contributed by atoms with Gasteiger partial charge in [-0.25, -0.2) is 9.97 Å². The minimum Gasteiger partial charge on any atom is -0.383 e. The van der Waals surface area contributed by atoms with Crippen molar-refractivity contribution >= 4 is 5.82 Å². The molecule has 1 heterocycles. The Bertz CT molecular complexity index is 360. The number of hydrogen-bond donors (Lipinski definition) is 1. The SMILES string of the molecule is CN(C)Cc1nc(N)c2c(n1)CCCC2. The number of hydrogen-bond acceptors (Lipinski definition) is 4. The monoisotopic (exact) mass is 206 g/mol. The summed E-state index contributed by atoms with van der Waals surface area (Å²) >= 11 is 0. The molecule has 0 saturated carbocycles. The lowest BCUT2D eigenvalue weighted by molar-refractivity contribution is 0.389. The molecular weight excluding hydrogens is 188 g/mol. The second kappa shape index (κ2) is 4.14. The van der Waals surface area contributed by atoms with Gasteiger partial charge in [0.05, 0.1) is 6.54 Å². The zero-order chi connectivity index (χ0) is 10.8. The molecule has 0 bridgehead atoms. The first-order valence-corrected chi connectivity index (χ1v) is 5.45. The zero-order valence-electron chi connectivity index (χ0n) is 9.45. The lowest BCUT2D eigenvalue weighted by Gasteiger charge is -2.18. The van der Waals surface area contributed by atoms with E-state index in [0.717, 1.165) is 25.2 Å². The van der Waals surface area contributed by atoms with E-state index in [-0.39, 0.29) is 0 Å². The van der Waals surface area contributed by atoms with Crippen molar-refractivity contribution in [3.8, 4) is 0 Å². The maximum Gasteiger partial charge on any atom is 0.144 e. The van der Waals surface area contributed by atoms with Gasteiger partial charge >= 0.3 is 0 Å². The second-order valence-corrected chi connectivity index (χ2v) is 4.40. The van der Waals surface area contributed by atoms with E-state index in [9.17, 15) is 0 Å². The van der Waals surface area contributed by atoms with Crippen molar-refractivity contribution in [3.63, 3.8) is 0 Å². The molecule has 1 aromatic rings. The Morgan fingerprint density at radius 3 is 2.67 bits per heavy atom. The van der Waals surface area contributed by atoms with E-state index in [1.54, 1.807) is 0 Å². The van der Waals surface area contributed by atoms with Crippen LogP contribution < -0.4 is 5.73 Å². The van der Waals surface area contributed by atoms with E-state index < -0.39 is 0 Å². The van der Waals surface area contributed by atoms with Gasteiger partial charge in [0, 0.05) is 11.3 Å². The topological polar surface area (TPSA) is 55.0 Å². The van der Waals surface area contributed by atoms with Crippen molar-refractivity contribution in [3.05, 3.63) is 17.1 Å². The molecule has 0 atom stereocenters. The van der Waals surface area contributed by atoms with Gasteiger partial charge in [0.25, 0.3) is 0 Å². The molecule has 1 aromatic heterocycles. The maximum atomic E-state index is 5.95. The van der Waals surface area contributed by atoms with Crippen LogP contribution in [-0.4, -0.2) is 29.0 Å². The zero-order valence-corrected chi connectivity index (χ0v) is 9.45. The number of aromatic nitrogens is 2. The van der Waals surface area contributed by atoms with Gasteiger partial charge in [-0.05, 0) is 39.8 Å². The van der Waals surface area contributed by atoms with Crippen molar-refractivity contribution in [2.75, 3.05) is 19.8 Å². The maximum absolute atomic E-state index is 5.95. The molecule has 0 aromatic carbocycles. The van der Waals surface area contributed by atoms with Crippen molar-refractivity contribution < 1.29 is 0 Å². The summed E-state index contributed by atoms with van der Waals surface area (Å²) in [5, 5.41) is 0. The van der Waals surface area contributed by atoms with Crippen molar-refractivity contribution in [1.29, 1.82) is 0 Å². The third-order valence-electron chi connectivity index (χ3n) is 2.72. The van der Waals surface area contributed by atoms with E-state index in [1.165, 1.54) is 24.1 Å². The number of anilines is 1. The molecule has 0 aliphatic heterocycles. The Balaban J connectivity index is 2.32. The molecule has 1 aliphatic rings.